The van der Waals surface area contributed by atoms with Gasteiger partial charge >= 0.3 is 0 Å². The van der Waals surface area contributed by atoms with E-state index >= 15 is 0 Å². The smallest absolute Gasteiger partial charge is 0.243 e. The van der Waals surface area contributed by atoms with E-state index in [1.807, 2.05) is 42.5 Å². The molecular weight excluding hydrogens is 1110 g/mol. The van der Waals surface area contributed by atoms with E-state index in [4.69, 9.17) is 16.9 Å². The first-order valence-electron chi connectivity index (χ1n) is 23.6. The zero-order valence-electron chi connectivity index (χ0n) is 39.8. The second-order valence-corrected chi connectivity index (χ2v) is 18.4. The largest absolute Gasteiger partial charge is 0.368 e. The van der Waals surface area contributed by atoms with Gasteiger partial charge in [0.05, 0.1) is 29.1 Å². The highest BCUT2D eigenvalue weighted by Crippen LogP contribution is 2.29. The van der Waals surface area contributed by atoms with Crippen LogP contribution in [-0.4, -0.2) is 126 Å². The Morgan fingerprint density at radius 1 is 0.577 bits per heavy atom. The van der Waals surface area contributed by atoms with Crippen molar-refractivity contribution in [2.24, 2.45) is 5.73 Å². The van der Waals surface area contributed by atoms with Crippen LogP contribution in [0.1, 0.15) is 87.3 Å². The van der Waals surface area contributed by atoms with Gasteiger partial charge in [-0.15, -0.1) is 6.42 Å². The van der Waals surface area contributed by atoms with Crippen molar-refractivity contribution in [3.8, 4) is 12.3 Å². The number of carbonyl (C=O) groups is 9. The normalized spacial score (nSPS) is 13.4. The average Bonchev–Trinajstić information content (AvgIpc) is 3.36. The number of amides is 9. The molecule has 71 heavy (non-hydrogen) atoms. The van der Waals surface area contributed by atoms with Gasteiger partial charge in [-0.1, -0.05) is 96.2 Å². The van der Waals surface area contributed by atoms with Gasteiger partial charge in [0.2, 0.25) is 53.2 Å². The molecule has 22 heteroatoms. The first kappa shape index (κ1) is 59.9. The number of carbonyl (C=O) groups excluding carboxylic acids is 9. The van der Waals surface area contributed by atoms with Crippen molar-refractivity contribution in [1.29, 1.82) is 0 Å². The lowest BCUT2D eigenvalue weighted by Gasteiger charge is -2.29. The molecule has 0 saturated carbocycles. The molecule has 9 N–H and O–H groups in total. The summed E-state index contributed by atoms with van der Waals surface area (Å²) < 4.78 is 5.25. The number of primary amides is 1. The fourth-order valence-corrected chi connectivity index (χ4v) is 8.20. The number of benzene rings is 2. The number of fused-ring (bicyclic) bond motifs is 2. The van der Waals surface area contributed by atoms with Crippen molar-refractivity contribution in [1.82, 2.24) is 37.2 Å². The molecule has 1 heterocycles. The molecule has 0 saturated heterocycles. The Labute approximate surface area is 440 Å². The van der Waals surface area contributed by atoms with E-state index in [1.165, 1.54) is 0 Å². The predicted molar refractivity (Wildman–Crippen MR) is 279 cm³/mol. The minimum Gasteiger partial charge on any atom is -0.368 e. The molecule has 1 aliphatic rings. The number of anilines is 1. The molecule has 0 spiro atoms. The Balaban J connectivity index is 1.85. The quantitative estimate of drug-likeness (QED) is 0.0301. The van der Waals surface area contributed by atoms with Gasteiger partial charge in [0.25, 0.3) is 0 Å². The van der Waals surface area contributed by atoms with Crippen LogP contribution in [0, 0.1) is 12.3 Å². The number of rotatable bonds is 32. The minimum atomic E-state index is -1.30. The van der Waals surface area contributed by atoms with E-state index in [2.05, 4.69) is 97.0 Å². The third-order valence-corrected chi connectivity index (χ3v) is 12.9. The average molecular weight is 1180 g/mol. The number of nitrogens with one attached hydrogen (secondary N) is 7. The van der Waals surface area contributed by atoms with Crippen molar-refractivity contribution < 1.29 is 47.9 Å². The molecule has 0 fully saturated rings. The Morgan fingerprint density at radius 2 is 1.01 bits per heavy atom. The van der Waals surface area contributed by atoms with Gasteiger partial charge < -0.3 is 52.6 Å². The van der Waals surface area contributed by atoms with E-state index in [0.29, 0.717) is 51.6 Å². The molecule has 19 nitrogen and oxygen atoms in total. The third-order valence-electron chi connectivity index (χ3n) is 11.4. The maximum atomic E-state index is 14.3. The molecule has 4 atom stereocenters. The fourth-order valence-electron chi connectivity index (χ4n) is 7.61. The highest BCUT2D eigenvalue weighted by molar-refractivity contribution is 9.09. The van der Waals surface area contributed by atoms with E-state index in [-0.39, 0.29) is 98.0 Å². The molecule has 3 rings (SSSR count). The predicted octanol–water partition coefficient (Wildman–Crippen LogP) is 2.22. The Kier molecular flexibility index (Phi) is 28.8. The van der Waals surface area contributed by atoms with Gasteiger partial charge in [-0.25, -0.2) is 0 Å². The summed E-state index contributed by atoms with van der Waals surface area (Å²) in [6.45, 7) is 0.694. The van der Waals surface area contributed by atoms with Crippen LogP contribution in [0.15, 0.2) is 48.5 Å². The maximum Gasteiger partial charge on any atom is 0.243 e. The number of unbranched alkanes of at least 4 members (excludes halogenated alkanes) is 3. The zero-order chi connectivity index (χ0) is 52.0. The lowest BCUT2D eigenvalue weighted by molar-refractivity contribution is -0.135. The third kappa shape index (κ3) is 22.7. The van der Waals surface area contributed by atoms with Crippen LogP contribution < -0.4 is 47.9 Å². The van der Waals surface area contributed by atoms with Gasteiger partial charge in [-0.3, -0.25) is 43.2 Å². The van der Waals surface area contributed by atoms with Crippen LogP contribution in [-0.2, 0) is 67.3 Å². The molecule has 0 aromatic heterocycles. The van der Waals surface area contributed by atoms with Crippen LogP contribution in [0.2, 0.25) is 0 Å². The first-order valence-corrected chi connectivity index (χ1v) is 27.0. The molecule has 0 aliphatic carbocycles. The Morgan fingerprint density at radius 3 is 1.49 bits per heavy atom. The fraction of sp³-hybridized carbons (Fsp3) is 0.531. The van der Waals surface area contributed by atoms with E-state index < -0.39 is 53.7 Å². The number of hydrogen-bond acceptors (Lipinski definition) is 10. The number of alkyl halides is 3. The van der Waals surface area contributed by atoms with E-state index in [9.17, 15) is 43.2 Å². The van der Waals surface area contributed by atoms with Crippen molar-refractivity contribution in [3.63, 3.8) is 0 Å². The van der Waals surface area contributed by atoms with Crippen molar-refractivity contribution >= 4 is 107 Å². The van der Waals surface area contributed by atoms with E-state index in [1.54, 1.807) is 4.90 Å². The van der Waals surface area contributed by atoms with Gasteiger partial charge in [0.1, 0.15) is 30.8 Å². The van der Waals surface area contributed by atoms with Crippen LogP contribution in [0.3, 0.4) is 0 Å². The Hall–Kier alpha value is -5.37. The van der Waals surface area contributed by atoms with Gasteiger partial charge in [0.15, 0.2) is 0 Å². The molecule has 1 aliphatic heterocycles. The number of hydrogen-bond donors (Lipinski definition) is 8. The number of para-hydroxylation sites is 1. The van der Waals surface area contributed by atoms with Crippen LogP contribution in [0.25, 0.3) is 0 Å². The summed E-state index contributed by atoms with van der Waals surface area (Å²) in [5.74, 6) is -2.43. The topological polar surface area (TPSA) is 276 Å². The van der Waals surface area contributed by atoms with Crippen LogP contribution in [0.5, 0.6) is 0 Å². The van der Waals surface area contributed by atoms with Crippen LogP contribution >= 0.6 is 47.8 Å². The lowest BCUT2D eigenvalue weighted by Crippen LogP contribution is -2.58. The van der Waals surface area contributed by atoms with Crippen LogP contribution in [0.4, 0.5) is 5.69 Å². The summed E-state index contributed by atoms with van der Waals surface area (Å²) in [4.78, 5) is 120. The SMILES string of the molecule is C#CCOCC(NC(=O)C(CCCCNC(=O)CBr)NC(=O)C(CCCCNC(=O)CBr)NC(=O)C(CCCCNC(=O)CBr)NC(=O)CCC(=O)N1Cc2ccccc2CCc2ccccc21)C(N)=O. The number of ether oxygens (including phenoxy) is 1. The zero-order valence-corrected chi connectivity index (χ0v) is 44.6. The monoisotopic (exact) mass is 1180 g/mol. The molecule has 2 aromatic carbocycles. The van der Waals surface area contributed by atoms with Gasteiger partial charge in [-0.2, -0.15) is 0 Å². The van der Waals surface area contributed by atoms with E-state index in [0.717, 1.165) is 35.2 Å². The van der Waals surface area contributed by atoms with Crippen molar-refractivity contribution in [3.05, 3.63) is 65.2 Å². The molecular formula is C49H66Br3N9O10. The number of nitrogens with two attached hydrogens (primary N) is 1. The maximum absolute atomic E-state index is 14.3. The molecule has 2 aromatic rings. The molecule has 0 bridgehead atoms. The highest BCUT2D eigenvalue weighted by atomic mass is 79.9. The molecule has 9 amide bonds. The highest BCUT2D eigenvalue weighted by Gasteiger charge is 2.32. The summed E-state index contributed by atoms with van der Waals surface area (Å²) in [6, 6.07) is 10.6. The molecule has 0 radical (unpaired) electrons. The lowest BCUT2D eigenvalue weighted by atomic mass is 9.95. The standard InChI is InChI=1S/C49H66Br3N9O10/c1-2-27-71-32-39(46(53)67)60-49(70)38(18-9-12-26-56-44(65)30-52)59-48(69)37(17-8-11-25-55-43(64)29-51)58-47(68)36(16-7-10-24-54-42(63)28-50)57-41(62)22-23-45(66)61-31-35-15-4-3-13-33(35)20-21-34-14-5-6-19-40(34)61/h1,3-6,13-15,19,36-39H,7-12,16-18,20-32H2,(H2,53,67)(H,54,63)(H,55,64)(H,56,65)(H,57,62)(H,58,68)(H,59,69)(H,60,70). The summed E-state index contributed by atoms with van der Waals surface area (Å²) in [5, 5.41) is 19.3. The molecule has 388 valence electrons. The van der Waals surface area contributed by atoms with Gasteiger partial charge in [0, 0.05) is 38.2 Å². The minimum absolute atomic E-state index is 0.0483. The van der Waals surface area contributed by atoms with Crippen molar-refractivity contribution in [2.45, 2.75) is 114 Å². The van der Waals surface area contributed by atoms with Crippen molar-refractivity contribution in [2.75, 3.05) is 53.7 Å². The second-order valence-electron chi connectivity index (χ2n) is 16.7. The summed E-state index contributed by atoms with van der Waals surface area (Å²) in [7, 11) is 0. The first-order chi connectivity index (χ1) is 34.2. The number of aryl methyl sites for hydroxylation is 2. The number of nitrogens with zero attached hydrogens (tertiary/aromatic N) is 1. The summed E-state index contributed by atoms with van der Waals surface area (Å²) in [5.41, 5.74) is 9.47. The van der Waals surface area contributed by atoms with Gasteiger partial charge in [-0.05, 0) is 93.4 Å². The Bertz CT molecular complexity index is 2160. The molecule has 4 unspecified atom stereocenters. The second kappa shape index (κ2) is 34.1. The number of halogens is 3. The number of terminal acetylenes is 1. The summed E-state index contributed by atoms with van der Waals surface area (Å²) in [6.07, 6.45) is 8.94. The summed E-state index contributed by atoms with van der Waals surface area (Å²) >= 11 is 9.31.